The molecule has 0 amide bonds. The number of fused-ring (bicyclic) bond motifs is 2. The molecule has 12 rings (SSSR count). The Bertz CT molecular complexity index is 2720. The highest BCUT2D eigenvalue weighted by atomic mass is 15.0. The number of hydrogen-bond donors (Lipinski definition) is 0. The van der Waals surface area contributed by atoms with E-state index in [4.69, 9.17) is 21.5 Å². The lowest BCUT2D eigenvalue weighted by Gasteiger charge is -2.57. The van der Waals surface area contributed by atoms with E-state index in [0.29, 0.717) is 28.6 Å². The van der Waals surface area contributed by atoms with E-state index in [0.717, 1.165) is 72.7 Å². The first-order valence-electron chi connectivity index (χ1n) is 20.0. The van der Waals surface area contributed by atoms with E-state index in [-0.39, 0.29) is 0 Å². The van der Waals surface area contributed by atoms with E-state index >= 15 is 0 Å². The van der Waals surface area contributed by atoms with Crippen molar-refractivity contribution in [3.63, 3.8) is 0 Å². The van der Waals surface area contributed by atoms with Gasteiger partial charge in [0.2, 0.25) is 0 Å². The van der Waals surface area contributed by atoms with E-state index in [1.54, 1.807) is 0 Å². The van der Waals surface area contributed by atoms with Crippen LogP contribution in [-0.2, 0) is 5.41 Å². The number of rotatable bonds is 6. The summed E-state index contributed by atoms with van der Waals surface area (Å²) >= 11 is 0. The monoisotopic (exact) mass is 720 g/mol. The molecule has 7 aromatic carbocycles. The van der Waals surface area contributed by atoms with Crippen molar-refractivity contribution in [2.45, 2.75) is 43.9 Å². The summed E-state index contributed by atoms with van der Waals surface area (Å²) in [6.07, 6.45) is 8.40. The van der Waals surface area contributed by atoms with Crippen molar-refractivity contribution >= 4 is 27.2 Å². The van der Waals surface area contributed by atoms with Gasteiger partial charge in [-0.1, -0.05) is 127 Å². The normalized spacial score (nSPS) is 21.0. The van der Waals surface area contributed by atoms with E-state index in [1.807, 2.05) is 18.2 Å². The highest BCUT2D eigenvalue weighted by Crippen LogP contribution is 2.60. The SMILES string of the molecule is [C-]#[N+]c1cccc(-c2cc(-c3ccc(C45CC6CC(CC(C6)C4)C5)cc3)cc(-c3nc(-c4cccc5ccccc45)nc(-c4cccc5ccccc45)n3)c2)c1. The molecule has 4 bridgehead atoms. The average Bonchev–Trinajstić information content (AvgIpc) is 3.25. The van der Waals surface area contributed by atoms with E-state index < -0.39 is 0 Å². The van der Waals surface area contributed by atoms with Gasteiger partial charge in [0.05, 0.1) is 6.57 Å². The summed E-state index contributed by atoms with van der Waals surface area (Å²) in [6.45, 7) is 7.75. The zero-order valence-electron chi connectivity index (χ0n) is 31.2. The molecular formula is C52H40N4. The van der Waals surface area contributed by atoms with Crippen molar-refractivity contribution in [1.82, 2.24) is 15.0 Å². The molecule has 0 N–H and O–H groups in total. The minimum absolute atomic E-state index is 0.349. The number of aromatic nitrogens is 3. The predicted octanol–water partition coefficient (Wildman–Crippen LogP) is 13.5. The first-order valence-corrected chi connectivity index (χ1v) is 20.0. The van der Waals surface area contributed by atoms with E-state index in [1.165, 1.54) is 49.7 Å². The van der Waals surface area contributed by atoms with Crippen molar-refractivity contribution in [2.75, 3.05) is 0 Å². The smallest absolute Gasteiger partial charge is 0.187 e. The lowest BCUT2D eigenvalue weighted by Crippen LogP contribution is -2.48. The van der Waals surface area contributed by atoms with Gasteiger partial charge in [0, 0.05) is 16.7 Å². The molecule has 0 radical (unpaired) electrons. The third-order valence-electron chi connectivity index (χ3n) is 13.1. The molecule has 1 aromatic heterocycles. The third-order valence-corrected chi connectivity index (χ3v) is 13.1. The van der Waals surface area contributed by atoms with E-state index in [2.05, 4.69) is 138 Å². The van der Waals surface area contributed by atoms with Crippen molar-refractivity contribution in [3.8, 4) is 56.4 Å². The largest absolute Gasteiger partial charge is 0.238 e. The van der Waals surface area contributed by atoms with Crippen LogP contribution in [0.2, 0.25) is 0 Å². The topological polar surface area (TPSA) is 43.0 Å². The molecule has 0 atom stereocenters. The predicted molar refractivity (Wildman–Crippen MR) is 228 cm³/mol. The van der Waals surface area contributed by atoms with Crippen molar-refractivity contribution in [1.29, 1.82) is 0 Å². The van der Waals surface area contributed by atoms with Crippen LogP contribution < -0.4 is 0 Å². The zero-order valence-corrected chi connectivity index (χ0v) is 31.2. The molecule has 8 aromatic rings. The summed E-state index contributed by atoms with van der Waals surface area (Å²) in [7, 11) is 0. The average molecular weight is 721 g/mol. The fourth-order valence-corrected chi connectivity index (χ4v) is 10.9. The van der Waals surface area contributed by atoms with E-state index in [9.17, 15) is 0 Å². The first kappa shape index (κ1) is 32.9. The number of hydrogen-bond acceptors (Lipinski definition) is 3. The summed E-state index contributed by atoms with van der Waals surface area (Å²) in [6, 6.07) is 53.5. The lowest BCUT2D eigenvalue weighted by molar-refractivity contribution is -0.00518. The number of benzene rings is 7. The van der Waals surface area contributed by atoms with Crippen LogP contribution in [0.5, 0.6) is 0 Å². The molecule has 4 heteroatoms. The molecule has 0 aliphatic heterocycles. The van der Waals surface area contributed by atoms with Gasteiger partial charge in [-0.2, -0.15) is 0 Å². The minimum Gasteiger partial charge on any atom is -0.238 e. The molecule has 0 saturated heterocycles. The standard InChI is InChI=1S/C52H40N4/c1-53-44-14-6-13-39(29-44)41-26-40(36-19-21-43(22-20-36)52-30-33-23-34(31-52)25-35(24-33)32-52)27-42(28-41)49-54-50(47-17-7-11-37-9-2-4-15-45(37)47)56-51(55-49)48-18-8-12-38-10-3-5-16-46(38)48/h2-22,26-29,33-35H,23-25,30-32H2. The van der Waals surface area contributed by atoms with Crippen LogP contribution in [0.15, 0.2) is 152 Å². The Hall–Kier alpha value is -6.44. The second-order valence-corrected chi connectivity index (χ2v) is 16.6. The van der Waals surface area contributed by atoms with Crippen LogP contribution >= 0.6 is 0 Å². The maximum atomic E-state index is 7.75. The zero-order chi connectivity index (χ0) is 37.2. The Kier molecular flexibility index (Phi) is 7.71. The van der Waals surface area contributed by atoms with Crippen LogP contribution in [-0.4, -0.2) is 15.0 Å². The van der Waals surface area contributed by atoms with Gasteiger partial charge in [-0.25, -0.2) is 19.8 Å². The fourth-order valence-electron chi connectivity index (χ4n) is 10.9. The molecule has 1 heterocycles. The van der Waals surface area contributed by atoms with Crippen LogP contribution in [0.1, 0.15) is 44.1 Å². The maximum Gasteiger partial charge on any atom is 0.187 e. The van der Waals surface area contributed by atoms with Gasteiger partial charge in [0.25, 0.3) is 0 Å². The van der Waals surface area contributed by atoms with Crippen LogP contribution in [0.4, 0.5) is 5.69 Å². The van der Waals surface area contributed by atoms with Crippen molar-refractivity contribution in [3.05, 3.63) is 169 Å². The molecule has 268 valence electrons. The van der Waals surface area contributed by atoms with Gasteiger partial charge < -0.3 is 0 Å². The molecule has 4 aliphatic rings. The van der Waals surface area contributed by atoms with Crippen LogP contribution in [0.3, 0.4) is 0 Å². The molecule has 0 spiro atoms. The third kappa shape index (κ3) is 5.69. The molecule has 4 nitrogen and oxygen atoms in total. The summed E-state index contributed by atoms with van der Waals surface area (Å²) in [5.74, 6) is 4.60. The van der Waals surface area contributed by atoms with Crippen molar-refractivity contribution in [2.24, 2.45) is 17.8 Å². The van der Waals surface area contributed by atoms with Gasteiger partial charge in [0.1, 0.15) is 0 Å². The van der Waals surface area contributed by atoms with Crippen molar-refractivity contribution < 1.29 is 0 Å². The molecule has 4 saturated carbocycles. The molecule has 4 fully saturated rings. The fraction of sp³-hybridized carbons (Fsp3) is 0.192. The van der Waals surface area contributed by atoms with Gasteiger partial charge in [0.15, 0.2) is 23.2 Å². The molecule has 4 aliphatic carbocycles. The van der Waals surface area contributed by atoms with Gasteiger partial charge in [-0.15, -0.1) is 0 Å². The second kappa shape index (κ2) is 13.1. The molecule has 0 unspecified atom stereocenters. The molecule has 56 heavy (non-hydrogen) atoms. The Balaban J connectivity index is 1.10. The Morgan fingerprint density at radius 2 is 0.946 bits per heavy atom. The van der Waals surface area contributed by atoms with Crippen LogP contribution in [0.25, 0.3) is 82.8 Å². The summed E-state index contributed by atoms with van der Waals surface area (Å²) in [5, 5.41) is 4.47. The summed E-state index contributed by atoms with van der Waals surface area (Å²) < 4.78 is 0. The minimum atomic E-state index is 0.349. The van der Waals surface area contributed by atoms with Gasteiger partial charge in [-0.05, 0) is 135 Å². The lowest BCUT2D eigenvalue weighted by atomic mass is 9.48. The van der Waals surface area contributed by atoms with Gasteiger partial charge >= 0.3 is 0 Å². The Morgan fingerprint density at radius 3 is 1.54 bits per heavy atom. The highest BCUT2D eigenvalue weighted by molar-refractivity contribution is 5.97. The summed E-state index contributed by atoms with van der Waals surface area (Å²) in [5.41, 5.74) is 9.61. The Morgan fingerprint density at radius 1 is 0.446 bits per heavy atom. The van der Waals surface area contributed by atoms with Gasteiger partial charge in [-0.3, -0.25) is 0 Å². The summed E-state index contributed by atoms with van der Waals surface area (Å²) in [4.78, 5) is 19.5. The number of nitrogens with zero attached hydrogens (tertiary/aromatic N) is 4. The maximum absolute atomic E-state index is 7.75. The second-order valence-electron chi connectivity index (χ2n) is 16.6. The van der Waals surface area contributed by atoms with Crippen LogP contribution in [0, 0.1) is 24.3 Å². The quantitative estimate of drug-likeness (QED) is 0.161. The first-order chi connectivity index (χ1) is 27.6. The highest BCUT2D eigenvalue weighted by Gasteiger charge is 2.51. The molecular weight excluding hydrogens is 681 g/mol. The Labute approximate surface area is 327 Å².